The standard InChI is InChI=1S/C7H14O.C3H7NO2.2C2H6/c1-6(5-8)7(2,3)4;1-4-2-3(5)6;2*1-2/h5-6H,1-4H3;4H,2H2,1H3,(H,5,6);2*1-2H3. The topological polar surface area (TPSA) is 66.4 Å². The van der Waals surface area contributed by atoms with E-state index in [0.29, 0.717) is 0 Å². The molecule has 0 aromatic heterocycles. The van der Waals surface area contributed by atoms with Crippen LogP contribution >= 0.6 is 0 Å². The van der Waals surface area contributed by atoms with Crippen molar-refractivity contribution in [1.82, 2.24) is 5.32 Å². The van der Waals surface area contributed by atoms with Gasteiger partial charge in [-0.1, -0.05) is 55.4 Å². The van der Waals surface area contributed by atoms with Gasteiger partial charge >= 0.3 is 5.97 Å². The zero-order valence-electron chi connectivity index (χ0n) is 13.6. The molecule has 0 spiro atoms. The van der Waals surface area contributed by atoms with Crippen LogP contribution in [0.15, 0.2) is 0 Å². The summed E-state index contributed by atoms with van der Waals surface area (Å²) < 4.78 is 0. The monoisotopic (exact) mass is 263 g/mol. The Morgan fingerprint density at radius 3 is 1.56 bits per heavy atom. The van der Waals surface area contributed by atoms with E-state index in [9.17, 15) is 9.59 Å². The average Bonchev–Trinajstić information content (AvgIpc) is 2.32. The number of aliphatic carboxylic acids is 1. The van der Waals surface area contributed by atoms with Crippen LogP contribution in [0.25, 0.3) is 0 Å². The lowest BCUT2D eigenvalue weighted by Gasteiger charge is -2.21. The number of carbonyl (C=O) groups excluding carboxylic acids is 1. The summed E-state index contributed by atoms with van der Waals surface area (Å²) in [6, 6.07) is 0. The lowest BCUT2D eigenvalue weighted by Crippen LogP contribution is -2.17. The first-order valence-corrected chi connectivity index (χ1v) is 6.57. The van der Waals surface area contributed by atoms with Crippen LogP contribution in [-0.2, 0) is 9.59 Å². The molecule has 0 saturated heterocycles. The highest BCUT2D eigenvalue weighted by atomic mass is 16.4. The number of nitrogens with one attached hydrogen (secondary N) is 1. The second-order valence-corrected chi connectivity index (χ2v) is 4.21. The van der Waals surface area contributed by atoms with E-state index in [4.69, 9.17) is 5.11 Å². The largest absolute Gasteiger partial charge is 0.480 e. The van der Waals surface area contributed by atoms with Crippen molar-refractivity contribution >= 4 is 12.3 Å². The summed E-state index contributed by atoms with van der Waals surface area (Å²) in [5.74, 6) is -0.653. The van der Waals surface area contributed by atoms with E-state index >= 15 is 0 Å². The van der Waals surface area contributed by atoms with E-state index in [1.165, 1.54) is 0 Å². The summed E-state index contributed by atoms with van der Waals surface area (Å²) in [6.45, 7) is 16.2. The highest BCUT2D eigenvalue weighted by Crippen LogP contribution is 2.22. The molecule has 0 bridgehead atoms. The minimum absolute atomic E-state index is 0.0417. The van der Waals surface area contributed by atoms with Crippen LogP contribution in [0.5, 0.6) is 0 Å². The van der Waals surface area contributed by atoms with Crippen molar-refractivity contribution in [2.45, 2.75) is 55.4 Å². The Bertz CT molecular complexity index is 174. The van der Waals surface area contributed by atoms with Gasteiger partial charge in [-0.15, -0.1) is 0 Å². The maximum absolute atomic E-state index is 10.2. The van der Waals surface area contributed by atoms with Gasteiger partial charge in [-0.25, -0.2) is 0 Å². The predicted molar refractivity (Wildman–Crippen MR) is 78.9 cm³/mol. The van der Waals surface area contributed by atoms with E-state index < -0.39 is 5.97 Å². The number of aldehydes is 1. The third-order valence-corrected chi connectivity index (χ3v) is 1.90. The summed E-state index contributed by atoms with van der Waals surface area (Å²) in [6.07, 6.45) is 1.00. The number of hydrogen-bond donors (Lipinski definition) is 2. The van der Waals surface area contributed by atoms with Crippen LogP contribution in [-0.4, -0.2) is 31.0 Å². The number of carbonyl (C=O) groups is 2. The van der Waals surface area contributed by atoms with E-state index in [1.807, 2.05) is 34.6 Å². The fourth-order valence-electron chi connectivity index (χ4n) is 0.355. The quantitative estimate of drug-likeness (QED) is 0.767. The Kier molecular flexibility index (Phi) is 26.5. The van der Waals surface area contributed by atoms with Gasteiger partial charge < -0.3 is 15.2 Å². The molecule has 0 aromatic rings. The molecule has 1 atom stereocenters. The molecule has 0 heterocycles. The van der Waals surface area contributed by atoms with Crippen molar-refractivity contribution in [2.75, 3.05) is 13.6 Å². The summed E-state index contributed by atoms with van der Waals surface area (Å²) in [7, 11) is 1.59. The highest BCUT2D eigenvalue weighted by Gasteiger charge is 2.18. The maximum Gasteiger partial charge on any atom is 0.317 e. The Labute approximate surface area is 113 Å². The first-order chi connectivity index (χ1) is 8.25. The molecule has 2 N–H and O–H groups in total. The number of likely N-dealkylation sites (N-methyl/N-ethyl adjacent to an activating group) is 1. The molecule has 0 aliphatic rings. The molecule has 0 fully saturated rings. The van der Waals surface area contributed by atoms with Gasteiger partial charge in [0.2, 0.25) is 0 Å². The van der Waals surface area contributed by atoms with Crippen LogP contribution < -0.4 is 5.32 Å². The molecule has 0 rings (SSSR count). The third-order valence-electron chi connectivity index (χ3n) is 1.90. The highest BCUT2D eigenvalue weighted by molar-refractivity contribution is 5.68. The fourth-order valence-corrected chi connectivity index (χ4v) is 0.355. The SMILES string of the molecule is CC.CC.CC(C=O)C(C)(C)C.CNCC(=O)O. The van der Waals surface area contributed by atoms with Crippen molar-refractivity contribution in [3.63, 3.8) is 0 Å². The van der Waals surface area contributed by atoms with Crippen molar-refractivity contribution in [3.05, 3.63) is 0 Å². The smallest absolute Gasteiger partial charge is 0.317 e. The van der Waals surface area contributed by atoms with Crippen LogP contribution in [0.1, 0.15) is 55.4 Å². The summed E-state index contributed by atoms with van der Waals surface area (Å²) >= 11 is 0. The summed E-state index contributed by atoms with van der Waals surface area (Å²) in [5, 5.41) is 10.3. The van der Waals surface area contributed by atoms with E-state index in [0.717, 1.165) is 6.29 Å². The first-order valence-electron chi connectivity index (χ1n) is 6.57. The molecular weight excluding hydrogens is 230 g/mol. The lowest BCUT2D eigenvalue weighted by atomic mass is 9.83. The molecule has 4 heteroatoms. The Balaban J connectivity index is -0.0000000869. The molecule has 1 unspecified atom stereocenters. The van der Waals surface area contributed by atoms with Crippen molar-refractivity contribution in [2.24, 2.45) is 11.3 Å². The molecule has 112 valence electrons. The maximum atomic E-state index is 10.2. The average molecular weight is 263 g/mol. The molecule has 0 amide bonds. The second kappa shape index (κ2) is 18.5. The van der Waals surface area contributed by atoms with Crippen molar-refractivity contribution in [3.8, 4) is 0 Å². The molecule has 0 saturated carbocycles. The normalized spacial score (nSPS) is 10.3. The van der Waals surface area contributed by atoms with E-state index in [1.54, 1.807) is 7.05 Å². The number of carboxylic acids is 1. The van der Waals surface area contributed by atoms with Gasteiger partial charge in [-0.3, -0.25) is 4.79 Å². The van der Waals surface area contributed by atoms with Gasteiger partial charge in [0.1, 0.15) is 6.29 Å². The van der Waals surface area contributed by atoms with E-state index in [-0.39, 0.29) is 17.9 Å². The molecule has 0 aromatic carbocycles. The summed E-state index contributed by atoms with van der Waals surface area (Å²) in [5.41, 5.74) is 0.141. The molecule has 0 aliphatic carbocycles. The fraction of sp³-hybridized carbons (Fsp3) is 0.857. The number of carboxylic acid groups (broad SMARTS) is 1. The number of rotatable bonds is 3. The second-order valence-electron chi connectivity index (χ2n) is 4.21. The van der Waals surface area contributed by atoms with Gasteiger partial charge in [0.15, 0.2) is 0 Å². The molecule has 18 heavy (non-hydrogen) atoms. The molecule has 0 aliphatic heterocycles. The zero-order chi connectivity index (χ0) is 15.8. The van der Waals surface area contributed by atoms with Crippen LogP contribution in [0, 0.1) is 11.3 Å². The van der Waals surface area contributed by atoms with Crippen LogP contribution in [0.4, 0.5) is 0 Å². The van der Waals surface area contributed by atoms with Crippen LogP contribution in [0.2, 0.25) is 0 Å². The van der Waals surface area contributed by atoms with Gasteiger partial charge in [-0.05, 0) is 12.5 Å². The Morgan fingerprint density at radius 2 is 1.56 bits per heavy atom. The minimum atomic E-state index is -0.822. The Morgan fingerprint density at radius 1 is 1.22 bits per heavy atom. The molecule has 4 nitrogen and oxygen atoms in total. The summed E-state index contributed by atoms with van der Waals surface area (Å²) in [4.78, 5) is 19.7. The minimum Gasteiger partial charge on any atom is -0.480 e. The van der Waals surface area contributed by atoms with Gasteiger partial charge in [0.05, 0.1) is 6.54 Å². The zero-order valence-corrected chi connectivity index (χ0v) is 13.6. The first kappa shape index (κ1) is 25.8. The molecule has 0 radical (unpaired) electrons. The third kappa shape index (κ3) is 29.4. The van der Waals surface area contributed by atoms with E-state index in [2.05, 4.69) is 26.1 Å². The van der Waals surface area contributed by atoms with Gasteiger partial charge in [0.25, 0.3) is 0 Å². The van der Waals surface area contributed by atoms with Crippen molar-refractivity contribution < 1.29 is 14.7 Å². The predicted octanol–water partition coefficient (Wildman–Crippen LogP) is 3.21. The lowest BCUT2D eigenvalue weighted by molar-refractivity contribution is -0.135. The van der Waals surface area contributed by atoms with Crippen LogP contribution in [0.3, 0.4) is 0 Å². The number of hydrogen-bond acceptors (Lipinski definition) is 3. The Hall–Kier alpha value is -0.900. The van der Waals surface area contributed by atoms with Gasteiger partial charge in [0, 0.05) is 5.92 Å². The molecular formula is C14H33NO3. The van der Waals surface area contributed by atoms with Gasteiger partial charge in [-0.2, -0.15) is 0 Å². The van der Waals surface area contributed by atoms with Crippen molar-refractivity contribution in [1.29, 1.82) is 0 Å².